The number of hydrogen-bond acceptors (Lipinski definition) is 3. The third-order valence-corrected chi connectivity index (χ3v) is 2.47. The van der Waals surface area contributed by atoms with Crippen LogP contribution >= 0.6 is 0 Å². The molecule has 0 amide bonds. The third-order valence-electron chi connectivity index (χ3n) is 2.47. The second kappa shape index (κ2) is 3.88. The number of aliphatic hydroxyl groups excluding tert-OH is 1. The summed E-state index contributed by atoms with van der Waals surface area (Å²) in [6.07, 6.45) is 0. The van der Waals surface area contributed by atoms with Crippen LogP contribution in [-0.4, -0.2) is 16.8 Å². The van der Waals surface area contributed by atoms with Gasteiger partial charge in [0.2, 0.25) is 0 Å². The highest BCUT2D eigenvalue weighted by molar-refractivity contribution is 5.84. The lowest BCUT2D eigenvalue weighted by Crippen LogP contribution is -2.14. The molecule has 0 fully saturated rings. The van der Waals surface area contributed by atoms with Gasteiger partial charge in [-0.3, -0.25) is 0 Å². The number of benzene rings is 2. The summed E-state index contributed by atoms with van der Waals surface area (Å²) in [4.78, 5) is 0. The Balaban J connectivity index is 2.52. The van der Waals surface area contributed by atoms with Crippen molar-refractivity contribution < 1.29 is 10.2 Å². The molecule has 0 saturated heterocycles. The molecule has 15 heavy (non-hydrogen) atoms. The average Bonchev–Trinajstić information content (AvgIpc) is 2.27. The molecule has 1 atom stereocenters. The van der Waals surface area contributed by atoms with Crippen LogP contribution in [0.1, 0.15) is 11.6 Å². The number of phenolic OH excluding ortho intramolecular Hbond substituents is 1. The molecule has 0 bridgehead atoms. The molecular weight excluding hydrogens is 190 g/mol. The van der Waals surface area contributed by atoms with Crippen molar-refractivity contribution in [3.63, 3.8) is 0 Å². The van der Waals surface area contributed by atoms with Gasteiger partial charge in [-0.25, -0.2) is 0 Å². The Morgan fingerprint density at radius 1 is 1.07 bits per heavy atom. The third kappa shape index (κ3) is 1.93. The van der Waals surface area contributed by atoms with Crippen LogP contribution in [0.5, 0.6) is 5.75 Å². The average molecular weight is 203 g/mol. The standard InChI is InChI=1S/C12H13NO2/c13-12(7-14)10-2-1-9-6-11(15)4-3-8(9)5-10/h1-6,12,14-15H,7,13H2/t12-/m1/s1. The van der Waals surface area contributed by atoms with Crippen molar-refractivity contribution in [2.45, 2.75) is 6.04 Å². The minimum atomic E-state index is -0.344. The molecule has 78 valence electrons. The van der Waals surface area contributed by atoms with Crippen LogP contribution in [-0.2, 0) is 0 Å². The van der Waals surface area contributed by atoms with Gasteiger partial charge < -0.3 is 15.9 Å². The number of phenols is 1. The summed E-state index contributed by atoms with van der Waals surface area (Å²) < 4.78 is 0. The first-order valence-corrected chi connectivity index (χ1v) is 4.80. The second-order valence-corrected chi connectivity index (χ2v) is 3.58. The van der Waals surface area contributed by atoms with Gasteiger partial charge in [0.25, 0.3) is 0 Å². The minimum absolute atomic E-state index is 0.0659. The smallest absolute Gasteiger partial charge is 0.116 e. The normalized spacial score (nSPS) is 12.9. The summed E-state index contributed by atoms with van der Waals surface area (Å²) in [5.74, 6) is 0.252. The van der Waals surface area contributed by atoms with Gasteiger partial charge in [0.05, 0.1) is 12.6 Å². The van der Waals surface area contributed by atoms with Gasteiger partial charge in [0.1, 0.15) is 5.75 Å². The van der Waals surface area contributed by atoms with Crippen molar-refractivity contribution in [1.82, 2.24) is 0 Å². The molecule has 0 saturated carbocycles. The molecule has 3 nitrogen and oxygen atoms in total. The Kier molecular flexibility index (Phi) is 2.58. The van der Waals surface area contributed by atoms with Gasteiger partial charge in [-0.15, -0.1) is 0 Å². The Bertz CT molecular complexity index is 482. The van der Waals surface area contributed by atoms with Crippen LogP contribution < -0.4 is 5.73 Å². The van der Waals surface area contributed by atoms with Crippen molar-refractivity contribution in [3.05, 3.63) is 42.0 Å². The molecule has 0 spiro atoms. The highest BCUT2D eigenvalue weighted by Gasteiger charge is 2.04. The Hall–Kier alpha value is -1.58. The number of aliphatic hydroxyl groups is 1. The first-order valence-electron chi connectivity index (χ1n) is 4.80. The highest BCUT2D eigenvalue weighted by Crippen LogP contribution is 2.22. The molecule has 2 aromatic carbocycles. The van der Waals surface area contributed by atoms with Crippen LogP contribution in [0.15, 0.2) is 36.4 Å². The molecule has 0 aliphatic heterocycles. The fraction of sp³-hybridized carbons (Fsp3) is 0.167. The topological polar surface area (TPSA) is 66.5 Å². The van der Waals surface area contributed by atoms with Gasteiger partial charge in [-0.1, -0.05) is 18.2 Å². The first-order chi connectivity index (χ1) is 7.20. The summed E-state index contributed by atoms with van der Waals surface area (Å²) >= 11 is 0. The lowest BCUT2D eigenvalue weighted by atomic mass is 10.0. The number of rotatable bonds is 2. The number of fused-ring (bicyclic) bond motifs is 1. The van der Waals surface area contributed by atoms with Crippen molar-refractivity contribution in [2.24, 2.45) is 5.73 Å². The number of nitrogens with two attached hydrogens (primary N) is 1. The molecule has 0 heterocycles. The van der Waals surface area contributed by atoms with Crippen molar-refractivity contribution >= 4 is 10.8 Å². The minimum Gasteiger partial charge on any atom is -0.508 e. The maximum absolute atomic E-state index is 9.29. The number of hydrogen-bond donors (Lipinski definition) is 3. The van der Waals surface area contributed by atoms with E-state index in [-0.39, 0.29) is 18.4 Å². The zero-order valence-corrected chi connectivity index (χ0v) is 8.22. The van der Waals surface area contributed by atoms with E-state index in [1.807, 2.05) is 24.3 Å². The molecule has 0 aliphatic carbocycles. The Morgan fingerprint density at radius 2 is 1.73 bits per heavy atom. The van der Waals surface area contributed by atoms with E-state index in [0.29, 0.717) is 0 Å². The Morgan fingerprint density at radius 3 is 2.47 bits per heavy atom. The predicted octanol–water partition coefficient (Wildman–Crippen LogP) is 1.54. The summed E-state index contributed by atoms with van der Waals surface area (Å²) in [5.41, 5.74) is 6.61. The van der Waals surface area contributed by atoms with Crippen molar-refractivity contribution in [3.8, 4) is 5.75 Å². The highest BCUT2D eigenvalue weighted by atomic mass is 16.3. The quantitative estimate of drug-likeness (QED) is 0.693. The van der Waals surface area contributed by atoms with Crippen LogP contribution in [0.2, 0.25) is 0 Å². The maximum atomic E-state index is 9.29. The molecule has 0 unspecified atom stereocenters. The van der Waals surface area contributed by atoms with Crippen LogP contribution in [0.4, 0.5) is 0 Å². The summed E-state index contributed by atoms with van der Waals surface area (Å²) in [5, 5.41) is 20.2. The van der Waals surface area contributed by atoms with Gasteiger partial charge in [-0.05, 0) is 34.5 Å². The predicted molar refractivity (Wildman–Crippen MR) is 59.6 cm³/mol. The lowest BCUT2D eigenvalue weighted by Gasteiger charge is -2.09. The van der Waals surface area contributed by atoms with E-state index in [4.69, 9.17) is 10.8 Å². The monoisotopic (exact) mass is 203 g/mol. The zero-order valence-electron chi connectivity index (χ0n) is 8.22. The van der Waals surface area contributed by atoms with E-state index in [1.165, 1.54) is 0 Å². The van der Waals surface area contributed by atoms with E-state index in [1.54, 1.807) is 12.1 Å². The molecule has 4 N–H and O–H groups in total. The maximum Gasteiger partial charge on any atom is 0.116 e. The van der Waals surface area contributed by atoms with Crippen molar-refractivity contribution in [1.29, 1.82) is 0 Å². The van der Waals surface area contributed by atoms with Gasteiger partial charge in [0, 0.05) is 0 Å². The summed E-state index contributed by atoms with van der Waals surface area (Å²) in [6.45, 7) is -0.0659. The molecule has 3 heteroatoms. The molecule has 0 aliphatic rings. The van der Waals surface area contributed by atoms with Gasteiger partial charge in [0.15, 0.2) is 0 Å². The molecule has 2 rings (SSSR count). The largest absolute Gasteiger partial charge is 0.508 e. The lowest BCUT2D eigenvalue weighted by molar-refractivity contribution is 0.268. The SMILES string of the molecule is N[C@H](CO)c1ccc2cc(O)ccc2c1. The molecule has 0 aromatic heterocycles. The molecule has 2 aromatic rings. The summed E-state index contributed by atoms with van der Waals surface area (Å²) in [7, 11) is 0. The van der Waals surface area contributed by atoms with E-state index in [2.05, 4.69) is 0 Å². The fourth-order valence-electron chi connectivity index (χ4n) is 1.59. The zero-order chi connectivity index (χ0) is 10.8. The van der Waals surface area contributed by atoms with E-state index in [0.717, 1.165) is 16.3 Å². The van der Waals surface area contributed by atoms with Gasteiger partial charge >= 0.3 is 0 Å². The van der Waals surface area contributed by atoms with Crippen LogP contribution in [0, 0.1) is 0 Å². The number of aromatic hydroxyl groups is 1. The molecule has 0 radical (unpaired) electrons. The van der Waals surface area contributed by atoms with Crippen LogP contribution in [0.3, 0.4) is 0 Å². The van der Waals surface area contributed by atoms with E-state index >= 15 is 0 Å². The first kappa shape index (κ1) is 9.96. The Labute approximate surface area is 87.8 Å². The van der Waals surface area contributed by atoms with Gasteiger partial charge in [-0.2, -0.15) is 0 Å². The molecular formula is C12H13NO2. The fourth-order valence-corrected chi connectivity index (χ4v) is 1.59. The second-order valence-electron chi connectivity index (χ2n) is 3.58. The van der Waals surface area contributed by atoms with E-state index < -0.39 is 0 Å². The van der Waals surface area contributed by atoms with Crippen molar-refractivity contribution in [2.75, 3.05) is 6.61 Å². The summed E-state index contributed by atoms with van der Waals surface area (Å²) in [6, 6.07) is 10.5. The van der Waals surface area contributed by atoms with E-state index in [9.17, 15) is 5.11 Å². The van der Waals surface area contributed by atoms with Crippen LogP contribution in [0.25, 0.3) is 10.8 Å².